The summed E-state index contributed by atoms with van der Waals surface area (Å²) in [6, 6.07) is 1.74. The molecule has 2 N–H and O–H groups in total. The van der Waals surface area contributed by atoms with Crippen molar-refractivity contribution in [2.75, 3.05) is 5.75 Å². The van der Waals surface area contributed by atoms with E-state index in [1.165, 1.54) is 0 Å². The average Bonchev–Trinajstić information content (AvgIpc) is 2.63. The van der Waals surface area contributed by atoms with Gasteiger partial charge in [0.25, 0.3) is 0 Å². The van der Waals surface area contributed by atoms with Gasteiger partial charge in [0.15, 0.2) is 9.84 Å². The molecule has 1 fully saturated rings. The van der Waals surface area contributed by atoms with Gasteiger partial charge in [-0.2, -0.15) is 0 Å². The number of sulfone groups is 1. The molecule has 0 radical (unpaired) electrons. The molecular formula is C11H16BrNO2S2. The molecule has 1 aliphatic rings. The van der Waals surface area contributed by atoms with Crippen molar-refractivity contribution in [2.45, 2.75) is 37.0 Å². The summed E-state index contributed by atoms with van der Waals surface area (Å²) < 4.78 is 24.9. The van der Waals surface area contributed by atoms with Crippen molar-refractivity contribution >= 4 is 37.1 Å². The molecule has 2 rings (SSSR count). The lowest BCUT2D eigenvalue weighted by Gasteiger charge is -2.27. The fourth-order valence-electron chi connectivity index (χ4n) is 2.28. The van der Waals surface area contributed by atoms with Crippen LogP contribution in [0.15, 0.2) is 15.9 Å². The Bertz CT molecular complexity index is 483. The van der Waals surface area contributed by atoms with E-state index in [1.807, 2.05) is 11.4 Å². The molecule has 0 saturated carbocycles. The van der Waals surface area contributed by atoms with Gasteiger partial charge >= 0.3 is 0 Å². The van der Waals surface area contributed by atoms with Crippen LogP contribution >= 0.6 is 27.3 Å². The van der Waals surface area contributed by atoms with Crippen LogP contribution in [0.25, 0.3) is 0 Å². The van der Waals surface area contributed by atoms with Crippen LogP contribution in [0.2, 0.25) is 0 Å². The van der Waals surface area contributed by atoms with Gasteiger partial charge in [0.2, 0.25) is 0 Å². The minimum absolute atomic E-state index is 0.272. The van der Waals surface area contributed by atoms with E-state index in [4.69, 9.17) is 5.73 Å². The van der Waals surface area contributed by atoms with Gasteiger partial charge < -0.3 is 5.73 Å². The van der Waals surface area contributed by atoms with Gasteiger partial charge in [-0.1, -0.05) is 6.42 Å². The van der Waals surface area contributed by atoms with Gasteiger partial charge in [-0.05, 0) is 41.3 Å². The van der Waals surface area contributed by atoms with Gasteiger partial charge in [-0.25, -0.2) is 8.42 Å². The minimum Gasteiger partial charge on any atom is -0.326 e. The van der Waals surface area contributed by atoms with Crippen LogP contribution in [-0.4, -0.2) is 25.5 Å². The van der Waals surface area contributed by atoms with Gasteiger partial charge in [0, 0.05) is 20.8 Å². The molecule has 3 nitrogen and oxygen atoms in total. The molecule has 2 unspecified atom stereocenters. The number of halogens is 1. The van der Waals surface area contributed by atoms with E-state index in [0.29, 0.717) is 12.2 Å². The standard InChI is InChI=1S/C11H16BrNO2S2/c12-8-5-9(16-7-8)6-10(13)11-3-1-2-4-17(11,14)15/h5,7,10-11H,1-4,6,13H2. The van der Waals surface area contributed by atoms with Crippen molar-refractivity contribution in [3.8, 4) is 0 Å². The zero-order chi connectivity index (χ0) is 12.5. The molecule has 96 valence electrons. The molecule has 2 heterocycles. The summed E-state index contributed by atoms with van der Waals surface area (Å²) in [4.78, 5) is 1.14. The second-order valence-corrected chi connectivity index (χ2v) is 8.75. The van der Waals surface area contributed by atoms with Gasteiger partial charge in [-0.15, -0.1) is 11.3 Å². The molecule has 0 aromatic carbocycles. The molecule has 1 saturated heterocycles. The largest absolute Gasteiger partial charge is 0.326 e. The van der Waals surface area contributed by atoms with Crippen LogP contribution in [0.5, 0.6) is 0 Å². The second-order valence-electron chi connectivity index (χ2n) is 4.50. The van der Waals surface area contributed by atoms with Crippen molar-refractivity contribution in [2.24, 2.45) is 5.73 Å². The molecule has 17 heavy (non-hydrogen) atoms. The number of thiophene rings is 1. The highest BCUT2D eigenvalue weighted by Crippen LogP contribution is 2.26. The summed E-state index contributed by atoms with van der Waals surface area (Å²) >= 11 is 5.01. The molecule has 0 spiro atoms. The average molecular weight is 338 g/mol. The van der Waals surface area contributed by atoms with Gasteiger partial charge in [0.05, 0.1) is 11.0 Å². The van der Waals surface area contributed by atoms with E-state index in [0.717, 1.165) is 28.6 Å². The molecule has 0 amide bonds. The van der Waals surface area contributed by atoms with E-state index in [-0.39, 0.29) is 11.3 Å². The molecule has 0 aliphatic carbocycles. The lowest BCUT2D eigenvalue weighted by molar-refractivity contribution is 0.496. The fourth-order valence-corrected chi connectivity index (χ4v) is 5.87. The molecule has 1 aliphatic heterocycles. The predicted octanol–water partition coefficient (Wildman–Crippen LogP) is 2.35. The van der Waals surface area contributed by atoms with Gasteiger partial charge in [0.1, 0.15) is 0 Å². The zero-order valence-electron chi connectivity index (χ0n) is 9.43. The molecule has 1 aromatic rings. The van der Waals surface area contributed by atoms with Gasteiger partial charge in [-0.3, -0.25) is 0 Å². The highest BCUT2D eigenvalue weighted by molar-refractivity contribution is 9.10. The van der Waals surface area contributed by atoms with Crippen molar-refractivity contribution < 1.29 is 8.42 Å². The third-order valence-corrected chi connectivity index (χ3v) is 7.25. The summed E-state index contributed by atoms with van der Waals surface area (Å²) in [6.07, 6.45) is 3.14. The van der Waals surface area contributed by atoms with E-state index >= 15 is 0 Å². The maximum Gasteiger partial charge on any atom is 0.154 e. The van der Waals surface area contributed by atoms with Crippen molar-refractivity contribution in [3.05, 3.63) is 20.8 Å². The molecular weight excluding hydrogens is 322 g/mol. The maximum atomic E-state index is 11.9. The monoisotopic (exact) mass is 337 g/mol. The lowest BCUT2D eigenvalue weighted by atomic mass is 10.0. The quantitative estimate of drug-likeness (QED) is 0.920. The normalized spacial score (nSPS) is 25.6. The first-order valence-electron chi connectivity index (χ1n) is 5.69. The number of hydrogen-bond donors (Lipinski definition) is 1. The number of nitrogens with two attached hydrogens (primary N) is 1. The Balaban J connectivity index is 2.06. The topological polar surface area (TPSA) is 60.2 Å². The zero-order valence-corrected chi connectivity index (χ0v) is 12.7. The lowest BCUT2D eigenvalue weighted by Crippen LogP contribution is -2.44. The molecule has 0 bridgehead atoms. The summed E-state index contributed by atoms with van der Waals surface area (Å²) in [7, 11) is -2.97. The Labute approximate surface area is 114 Å². The smallest absolute Gasteiger partial charge is 0.154 e. The Morgan fingerprint density at radius 2 is 2.29 bits per heavy atom. The third-order valence-electron chi connectivity index (χ3n) is 3.16. The van der Waals surface area contributed by atoms with Crippen molar-refractivity contribution in [1.82, 2.24) is 0 Å². The van der Waals surface area contributed by atoms with Crippen LogP contribution in [0.4, 0.5) is 0 Å². The Morgan fingerprint density at radius 1 is 1.53 bits per heavy atom. The summed E-state index contributed by atoms with van der Waals surface area (Å²) in [6.45, 7) is 0. The molecule has 6 heteroatoms. The Kier molecular flexibility index (Phi) is 4.28. The second kappa shape index (κ2) is 5.38. The first kappa shape index (κ1) is 13.5. The van der Waals surface area contributed by atoms with Crippen LogP contribution in [0, 0.1) is 0 Å². The van der Waals surface area contributed by atoms with E-state index in [1.54, 1.807) is 11.3 Å². The summed E-state index contributed by atoms with van der Waals surface area (Å²) in [5, 5.41) is 1.65. The molecule has 2 atom stereocenters. The minimum atomic E-state index is -2.97. The maximum absolute atomic E-state index is 11.9. The number of hydrogen-bond acceptors (Lipinski definition) is 4. The van der Waals surface area contributed by atoms with Crippen molar-refractivity contribution in [1.29, 1.82) is 0 Å². The number of rotatable bonds is 3. The first-order valence-corrected chi connectivity index (χ1v) is 9.08. The fraction of sp³-hybridized carbons (Fsp3) is 0.636. The van der Waals surface area contributed by atoms with E-state index in [2.05, 4.69) is 15.9 Å². The van der Waals surface area contributed by atoms with Crippen LogP contribution < -0.4 is 5.73 Å². The summed E-state index contributed by atoms with van der Waals surface area (Å²) in [5.74, 6) is 0.305. The van der Waals surface area contributed by atoms with Crippen molar-refractivity contribution in [3.63, 3.8) is 0 Å². The Hall–Kier alpha value is 0.0900. The Morgan fingerprint density at radius 3 is 2.88 bits per heavy atom. The molecule has 1 aromatic heterocycles. The van der Waals surface area contributed by atoms with Crippen LogP contribution in [0.1, 0.15) is 24.1 Å². The SMILES string of the molecule is NC(Cc1cc(Br)cs1)C1CCCCS1(=O)=O. The first-order chi connectivity index (χ1) is 7.99. The van der Waals surface area contributed by atoms with E-state index in [9.17, 15) is 8.42 Å². The van der Waals surface area contributed by atoms with Crippen LogP contribution in [0.3, 0.4) is 0 Å². The third kappa shape index (κ3) is 3.30. The van der Waals surface area contributed by atoms with E-state index < -0.39 is 9.84 Å². The highest BCUT2D eigenvalue weighted by atomic mass is 79.9. The highest BCUT2D eigenvalue weighted by Gasteiger charge is 2.33. The van der Waals surface area contributed by atoms with Crippen LogP contribution in [-0.2, 0) is 16.3 Å². The summed E-state index contributed by atoms with van der Waals surface area (Å²) in [5.41, 5.74) is 6.08. The predicted molar refractivity (Wildman–Crippen MR) is 75.1 cm³/mol.